The van der Waals surface area contributed by atoms with Gasteiger partial charge in [0.1, 0.15) is 23.7 Å². The third kappa shape index (κ3) is 9.91. The van der Waals surface area contributed by atoms with Crippen LogP contribution in [0.2, 0.25) is 0 Å². The molecule has 0 radical (unpaired) electrons. The summed E-state index contributed by atoms with van der Waals surface area (Å²) in [4.78, 5) is 41.2. The fourth-order valence-electron chi connectivity index (χ4n) is 7.43. The minimum absolute atomic E-state index is 0.102. The average Bonchev–Trinajstić information content (AvgIpc) is 3.11. The molecule has 0 aliphatic carbocycles. The maximum absolute atomic E-state index is 14.8. The standard InChI is InChI=1S/C41H54FN5O6/c1-28-19-44(35(20-45-29(2)23-50-24-30(45)3)21-46(28)40(49)53-41(4,5)6)22-38(48)47-36(26-51-25-32-10-8-7-9-11-32)27-52-39-37(47)17-33(18-43-39)16-31-12-14-34(42)15-13-31/h7-15,17-18,28-30,35-36H,16,19-27H2,1-6H3/t28-,29-,30-,35+,36+/m1/s1. The number of pyridine rings is 1. The number of fused-ring (bicyclic) bond motifs is 1. The Bertz CT molecular complexity index is 1680. The van der Waals surface area contributed by atoms with E-state index >= 15 is 0 Å². The second kappa shape index (κ2) is 16.9. The molecular formula is C41H54FN5O6. The van der Waals surface area contributed by atoms with Gasteiger partial charge in [-0.05, 0) is 82.9 Å². The monoisotopic (exact) mass is 731 g/mol. The van der Waals surface area contributed by atoms with Crippen molar-refractivity contribution in [2.24, 2.45) is 0 Å². The van der Waals surface area contributed by atoms with Crippen LogP contribution in [0.3, 0.4) is 0 Å². The molecule has 0 spiro atoms. The summed E-state index contributed by atoms with van der Waals surface area (Å²) in [6.07, 6.45) is 1.91. The quantitative estimate of drug-likeness (QED) is 0.267. The highest BCUT2D eigenvalue weighted by molar-refractivity contribution is 5.97. The maximum Gasteiger partial charge on any atom is 0.410 e. The lowest BCUT2D eigenvalue weighted by Crippen LogP contribution is -2.65. The molecule has 0 N–H and O–H groups in total. The van der Waals surface area contributed by atoms with Gasteiger partial charge in [-0.2, -0.15) is 0 Å². The van der Waals surface area contributed by atoms with E-state index < -0.39 is 11.6 Å². The van der Waals surface area contributed by atoms with Crippen molar-refractivity contribution in [1.29, 1.82) is 0 Å². The summed E-state index contributed by atoms with van der Waals surface area (Å²) in [6, 6.07) is 17.9. The maximum atomic E-state index is 14.8. The van der Waals surface area contributed by atoms with Gasteiger partial charge in [0.25, 0.3) is 0 Å². The first-order valence-corrected chi connectivity index (χ1v) is 18.7. The Kier molecular flexibility index (Phi) is 12.3. The lowest BCUT2D eigenvalue weighted by Gasteiger charge is -2.49. The number of halogens is 1. The van der Waals surface area contributed by atoms with E-state index in [0.29, 0.717) is 57.4 Å². The van der Waals surface area contributed by atoms with E-state index in [1.165, 1.54) is 12.1 Å². The van der Waals surface area contributed by atoms with Crippen molar-refractivity contribution < 1.29 is 32.9 Å². The van der Waals surface area contributed by atoms with Crippen LogP contribution in [0.1, 0.15) is 58.2 Å². The van der Waals surface area contributed by atoms with E-state index in [4.69, 9.17) is 18.9 Å². The minimum atomic E-state index is -0.627. The highest BCUT2D eigenvalue weighted by Crippen LogP contribution is 2.34. The zero-order valence-corrected chi connectivity index (χ0v) is 31.9. The zero-order valence-electron chi connectivity index (χ0n) is 31.9. The highest BCUT2D eigenvalue weighted by atomic mass is 19.1. The predicted molar refractivity (Wildman–Crippen MR) is 201 cm³/mol. The first-order chi connectivity index (χ1) is 25.3. The fourth-order valence-corrected chi connectivity index (χ4v) is 7.43. The predicted octanol–water partition coefficient (Wildman–Crippen LogP) is 5.54. The molecule has 0 bridgehead atoms. The molecule has 3 aromatic rings. The molecule has 4 heterocycles. The highest BCUT2D eigenvalue weighted by Gasteiger charge is 2.41. The number of rotatable bonds is 10. The first kappa shape index (κ1) is 38.6. The summed E-state index contributed by atoms with van der Waals surface area (Å²) < 4.78 is 37.7. The largest absolute Gasteiger partial charge is 0.474 e. The van der Waals surface area contributed by atoms with Crippen LogP contribution in [0.5, 0.6) is 5.88 Å². The van der Waals surface area contributed by atoms with Crippen molar-refractivity contribution >= 4 is 17.7 Å². The van der Waals surface area contributed by atoms with E-state index in [1.807, 2.05) is 69.0 Å². The fraction of sp³-hybridized carbons (Fsp3) is 0.537. The van der Waals surface area contributed by atoms with Gasteiger partial charge in [-0.1, -0.05) is 42.5 Å². The molecular weight excluding hydrogens is 677 g/mol. The summed E-state index contributed by atoms with van der Waals surface area (Å²) in [6.45, 7) is 15.8. The van der Waals surface area contributed by atoms with Crippen molar-refractivity contribution in [3.63, 3.8) is 0 Å². The lowest BCUT2D eigenvalue weighted by atomic mass is 10.0. The molecule has 3 aliphatic rings. The zero-order chi connectivity index (χ0) is 37.7. The molecule has 5 atom stereocenters. The van der Waals surface area contributed by atoms with Crippen LogP contribution >= 0.6 is 0 Å². The Morgan fingerprint density at radius 2 is 1.60 bits per heavy atom. The van der Waals surface area contributed by atoms with Crippen LogP contribution in [0.4, 0.5) is 14.9 Å². The van der Waals surface area contributed by atoms with Crippen molar-refractivity contribution in [3.05, 3.63) is 89.4 Å². The van der Waals surface area contributed by atoms with E-state index in [2.05, 4.69) is 28.6 Å². The van der Waals surface area contributed by atoms with Crippen molar-refractivity contribution in [1.82, 2.24) is 19.7 Å². The van der Waals surface area contributed by atoms with Gasteiger partial charge in [0, 0.05) is 50.0 Å². The Morgan fingerprint density at radius 3 is 2.30 bits per heavy atom. The number of carbonyl (C=O) groups is 2. The van der Waals surface area contributed by atoms with Crippen molar-refractivity contribution in [2.45, 2.75) is 90.4 Å². The lowest BCUT2D eigenvalue weighted by molar-refractivity contribution is -0.123. The molecule has 2 amide bonds. The number of aromatic nitrogens is 1. The van der Waals surface area contributed by atoms with E-state index in [9.17, 15) is 14.0 Å². The molecule has 0 saturated carbocycles. The number of morpholine rings is 1. The van der Waals surface area contributed by atoms with Crippen LogP contribution < -0.4 is 9.64 Å². The summed E-state index contributed by atoms with van der Waals surface area (Å²) in [7, 11) is 0. The van der Waals surface area contributed by atoms with Crippen LogP contribution in [0, 0.1) is 5.82 Å². The molecule has 286 valence electrons. The Hall–Kier alpha value is -4.10. The summed E-state index contributed by atoms with van der Waals surface area (Å²) >= 11 is 0. The number of nitrogens with zero attached hydrogens (tertiary/aromatic N) is 5. The Labute approximate surface area is 312 Å². The molecule has 2 saturated heterocycles. The molecule has 2 aromatic carbocycles. The number of benzene rings is 2. The summed E-state index contributed by atoms with van der Waals surface area (Å²) in [5.74, 6) is -0.0105. The van der Waals surface area contributed by atoms with Crippen molar-refractivity contribution in [3.8, 4) is 5.88 Å². The molecule has 12 heteroatoms. The van der Waals surface area contributed by atoms with E-state index in [1.54, 1.807) is 23.2 Å². The van der Waals surface area contributed by atoms with Crippen molar-refractivity contribution in [2.75, 3.05) is 57.5 Å². The number of carbonyl (C=O) groups excluding carboxylic acids is 2. The topological polar surface area (TPSA) is 96.9 Å². The second-order valence-electron chi connectivity index (χ2n) is 15.7. The summed E-state index contributed by atoms with van der Waals surface area (Å²) in [5, 5.41) is 0. The van der Waals surface area contributed by atoms with Gasteiger partial charge in [-0.15, -0.1) is 0 Å². The Morgan fingerprint density at radius 1 is 0.887 bits per heavy atom. The average molecular weight is 732 g/mol. The van der Waals surface area contributed by atoms with E-state index in [-0.39, 0.29) is 61.7 Å². The molecule has 6 rings (SSSR count). The van der Waals surface area contributed by atoms with Crippen LogP contribution in [-0.2, 0) is 32.0 Å². The number of anilines is 1. The van der Waals surface area contributed by atoms with Crippen LogP contribution in [0.25, 0.3) is 0 Å². The van der Waals surface area contributed by atoms with Gasteiger partial charge in [0.05, 0.1) is 39.0 Å². The molecule has 1 aromatic heterocycles. The third-order valence-electron chi connectivity index (χ3n) is 10.1. The van der Waals surface area contributed by atoms with Gasteiger partial charge in [0.2, 0.25) is 11.8 Å². The van der Waals surface area contributed by atoms with Crippen LogP contribution in [0.15, 0.2) is 66.9 Å². The number of hydrogen-bond donors (Lipinski definition) is 0. The van der Waals surface area contributed by atoms with Gasteiger partial charge >= 0.3 is 6.09 Å². The molecule has 2 fully saturated rings. The van der Waals surface area contributed by atoms with Gasteiger partial charge < -0.3 is 23.8 Å². The molecule has 11 nitrogen and oxygen atoms in total. The normalized spacial score (nSPS) is 24.0. The number of amides is 2. The van der Waals surface area contributed by atoms with Gasteiger partial charge in [0.15, 0.2) is 0 Å². The number of ether oxygens (including phenoxy) is 4. The SMILES string of the molecule is C[C@@H]1CN(CC(=O)N2c3cc(Cc4ccc(F)cc4)cnc3OC[C@@H]2COCc2ccccc2)[C@@H](CN2[C@H](C)COC[C@H]2C)CN1C(=O)OC(C)(C)C. The summed E-state index contributed by atoms with van der Waals surface area (Å²) in [5.41, 5.74) is 2.79. The third-order valence-corrected chi connectivity index (χ3v) is 10.1. The van der Waals surface area contributed by atoms with Gasteiger partial charge in [-0.3, -0.25) is 19.5 Å². The number of piperazine rings is 1. The molecule has 0 unspecified atom stereocenters. The smallest absolute Gasteiger partial charge is 0.410 e. The number of hydrogen-bond acceptors (Lipinski definition) is 9. The molecule has 3 aliphatic heterocycles. The van der Waals surface area contributed by atoms with Crippen LogP contribution in [-0.4, -0.2) is 120 Å². The minimum Gasteiger partial charge on any atom is -0.474 e. The molecule has 53 heavy (non-hydrogen) atoms. The second-order valence-corrected chi connectivity index (χ2v) is 15.7. The first-order valence-electron chi connectivity index (χ1n) is 18.7. The van der Waals surface area contributed by atoms with E-state index in [0.717, 1.165) is 16.7 Å². The van der Waals surface area contributed by atoms with Gasteiger partial charge in [-0.25, -0.2) is 14.2 Å². The Balaban J connectivity index is 1.27.